The lowest BCUT2D eigenvalue weighted by molar-refractivity contribution is -0.151. The van der Waals surface area contributed by atoms with Gasteiger partial charge in [0.1, 0.15) is 11.9 Å². The maximum absolute atomic E-state index is 14.7. The van der Waals surface area contributed by atoms with Crippen LogP contribution in [0.3, 0.4) is 0 Å². The van der Waals surface area contributed by atoms with E-state index in [1.165, 1.54) is 25.3 Å². The van der Waals surface area contributed by atoms with Crippen LogP contribution in [0.25, 0.3) is 6.08 Å². The predicted molar refractivity (Wildman–Crippen MR) is 165 cm³/mol. The van der Waals surface area contributed by atoms with Crippen LogP contribution < -0.4 is 4.90 Å². The van der Waals surface area contributed by atoms with Crippen molar-refractivity contribution in [3.8, 4) is 0 Å². The summed E-state index contributed by atoms with van der Waals surface area (Å²) in [6.45, 7) is 12.4. The number of cyclic esters (lactones) is 1. The molecule has 0 aromatic heterocycles. The molecule has 0 saturated carbocycles. The quantitative estimate of drug-likeness (QED) is 0.400. The van der Waals surface area contributed by atoms with Crippen LogP contribution >= 0.6 is 0 Å². The van der Waals surface area contributed by atoms with Crippen LogP contribution in [0.5, 0.6) is 0 Å². The summed E-state index contributed by atoms with van der Waals surface area (Å²) >= 11 is 0. The van der Waals surface area contributed by atoms with E-state index in [-0.39, 0.29) is 29.7 Å². The van der Waals surface area contributed by atoms with Crippen molar-refractivity contribution in [2.45, 2.75) is 83.1 Å². The van der Waals surface area contributed by atoms with E-state index < -0.39 is 18.2 Å². The van der Waals surface area contributed by atoms with Gasteiger partial charge in [-0.2, -0.15) is 0 Å². The Morgan fingerprint density at radius 3 is 2.43 bits per heavy atom. The number of esters is 1. The first kappa shape index (κ1) is 31.2. The zero-order valence-electron chi connectivity index (χ0n) is 25.9. The molecule has 0 radical (unpaired) electrons. The highest BCUT2D eigenvalue weighted by Crippen LogP contribution is 2.43. The third kappa shape index (κ3) is 7.26. The fourth-order valence-electron chi connectivity index (χ4n) is 7.34. The number of benzene rings is 1. The third-order valence-corrected chi connectivity index (χ3v) is 10.1. The van der Waals surface area contributed by atoms with Gasteiger partial charge in [-0.25, -0.2) is 4.39 Å². The summed E-state index contributed by atoms with van der Waals surface area (Å²) in [5.41, 5.74) is 2.69. The molecule has 0 amide bonds. The second-order valence-corrected chi connectivity index (χ2v) is 13.3. The number of anilines is 1. The van der Waals surface area contributed by atoms with Gasteiger partial charge in [0.15, 0.2) is 0 Å². The van der Waals surface area contributed by atoms with Gasteiger partial charge in [-0.05, 0) is 94.4 Å². The Bertz CT molecular complexity index is 1140. The fourth-order valence-corrected chi connectivity index (χ4v) is 7.34. The lowest BCUT2D eigenvalue weighted by Gasteiger charge is -2.60. The number of nitrogens with zero attached hydrogens (tertiary/aromatic N) is 3. The fraction of sp³-hybridized carbons (Fsp3) is 0.676. The van der Waals surface area contributed by atoms with Crippen molar-refractivity contribution in [3.63, 3.8) is 0 Å². The van der Waals surface area contributed by atoms with Crippen molar-refractivity contribution in [1.82, 2.24) is 9.80 Å². The summed E-state index contributed by atoms with van der Waals surface area (Å²) in [7, 11) is 2.21. The number of rotatable bonds is 4. The molecule has 1 aromatic carbocycles. The highest BCUT2D eigenvalue weighted by Gasteiger charge is 2.49. The smallest absolute Gasteiger partial charge is 0.309 e. The van der Waals surface area contributed by atoms with Gasteiger partial charge < -0.3 is 24.4 Å². The van der Waals surface area contributed by atoms with Crippen LogP contribution in [-0.2, 0) is 14.3 Å². The van der Waals surface area contributed by atoms with E-state index >= 15 is 0 Å². The molecule has 3 fully saturated rings. The number of aliphatic hydroxyl groups excluding tert-OH is 1. The monoisotopic (exact) mass is 583 g/mol. The number of likely N-dealkylation sites (tertiary alicyclic amines) is 2. The minimum absolute atomic E-state index is 0.0151. The number of ether oxygens (including phenoxy) is 2. The average Bonchev–Trinajstić information content (AvgIpc) is 2.96. The van der Waals surface area contributed by atoms with E-state index in [0.717, 1.165) is 56.0 Å². The molecule has 7 nitrogen and oxygen atoms in total. The Labute approximate surface area is 251 Å². The topological polar surface area (TPSA) is 65.5 Å². The number of halogens is 1. The number of piperidine rings is 1. The molecule has 0 aliphatic carbocycles. The van der Waals surface area contributed by atoms with Gasteiger partial charge in [0.05, 0.1) is 25.7 Å². The summed E-state index contributed by atoms with van der Waals surface area (Å²) in [6.07, 6.45) is 10.3. The first-order chi connectivity index (χ1) is 20.1. The van der Waals surface area contributed by atoms with Gasteiger partial charge in [-0.1, -0.05) is 32.1 Å². The van der Waals surface area contributed by atoms with E-state index in [0.29, 0.717) is 25.6 Å². The van der Waals surface area contributed by atoms with Gasteiger partial charge in [0.2, 0.25) is 0 Å². The first-order valence-electron chi connectivity index (χ1n) is 16.0. The highest BCUT2D eigenvalue weighted by molar-refractivity contribution is 5.71. The minimum atomic E-state index is -0.725. The number of aliphatic hydroxyl groups is 1. The second kappa shape index (κ2) is 13.6. The molecular weight excluding hydrogens is 533 g/mol. The van der Waals surface area contributed by atoms with Gasteiger partial charge in [0, 0.05) is 42.8 Å². The Hall–Kier alpha value is -2.26. The van der Waals surface area contributed by atoms with E-state index in [1.54, 1.807) is 6.07 Å². The van der Waals surface area contributed by atoms with Gasteiger partial charge in [-0.3, -0.25) is 9.69 Å². The molecule has 232 valence electrons. The van der Waals surface area contributed by atoms with Crippen molar-refractivity contribution in [1.29, 1.82) is 0 Å². The largest absolute Gasteiger partial charge is 0.457 e. The highest BCUT2D eigenvalue weighted by atomic mass is 19.1. The Balaban J connectivity index is 1.40. The Morgan fingerprint density at radius 1 is 1.02 bits per heavy atom. The summed E-state index contributed by atoms with van der Waals surface area (Å²) < 4.78 is 26.2. The minimum Gasteiger partial charge on any atom is -0.457 e. The van der Waals surface area contributed by atoms with Crippen LogP contribution in [0.1, 0.15) is 64.9 Å². The molecule has 8 heteroatoms. The SMILES string of the molecule is C/C(=C\c1cc(F)cc(N2CCOCC2)c1)C1OC(=O)CC(O)CCC(C)C(N2CCC23CCN(C)CC3)C=CC1C. The number of hydrogen-bond acceptors (Lipinski definition) is 7. The van der Waals surface area contributed by atoms with Crippen molar-refractivity contribution in [3.05, 3.63) is 47.3 Å². The van der Waals surface area contributed by atoms with E-state index in [1.807, 2.05) is 19.1 Å². The molecule has 4 heterocycles. The van der Waals surface area contributed by atoms with Crippen LogP contribution in [-0.4, -0.2) is 97.6 Å². The number of carbonyl (C=O) groups excluding carboxylic acids is 1. The Morgan fingerprint density at radius 2 is 1.74 bits per heavy atom. The summed E-state index contributed by atoms with van der Waals surface area (Å²) in [6, 6.07) is 5.35. The molecule has 42 heavy (non-hydrogen) atoms. The van der Waals surface area contributed by atoms with Gasteiger partial charge in [-0.15, -0.1) is 0 Å². The van der Waals surface area contributed by atoms with Crippen molar-refractivity contribution in [2.24, 2.45) is 11.8 Å². The molecule has 4 aliphatic heterocycles. The van der Waals surface area contributed by atoms with Gasteiger partial charge in [0.25, 0.3) is 0 Å². The van der Waals surface area contributed by atoms with Crippen molar-refractivity contribution >= 4 is 17.7 Å². The summed E-state index contributed by atoms with van der Waals surface area (Å²) in [4.78, 5) is 20.2. The maximum Gasteiger partial charge on any atom is 0.309 e. The Kier molecular flexibility index (Phi) is 10.1. The number of carbonyl (C=O) groups is 1. The number of hydrogen-bond donors (Lipinski definition) is 1. The van der Waals surface area contributed by atoms with E-state index in [2.05, 4.69) is 47.7 Å². The molecule has 5 unspecified atom stereocenters. The van der Waals surface area contributed by atoms with E-state index in [4.69, 9.17) is 9.47 Å². The standard InChI is InChI=1S/C34H50FN3O4/c1-24-5-7-30(39)23-32(40)42-33(25(2)6-8-31(24)38-14-11-34(38)9-12-36(4)13-10-34)26(3)19-27-20-28(35)22-29(21-27)37-15-17-41-18-16-37/h6,8,19-22,24-25,30-31,33,39H,5,7,9-18,23H2,1-4H3/b8-6?,26-19+. The van der Waals surface area contributed by atoms with Crippen molar-refractivity contribution < 1.29 is 23.8 Å². The number of morpholine rings is 1. The summed E-state index contributed by atoms with van der Waals surface area (Å²) in [5.74, 6) is -0.416. The third-order valence-electron chi connectivity index (χ3n) is 10.1. The molecule has 4 aliphatic rings. The molecule has 1 aromatic rings. The lowest BCUT2D eigenvalue weighted by Crippen LogP contribution is -2.67. The molecule has 5 rings (SSSR count). The van der Waals surface area contributed by atoms with Gasteiger partial charge >= 0.3 is 5.97 Å². The van der Waals surface area contributed by atoms with Crippen LogP contribution in [0.15, 0.2) is 35.9 Å². The normalized spacial score (nSPS) is 32.1. The predicted octanol–water partition coefficient (Wildman–Crippen LogP) is 4.89. The summed E-state index contributed by atoms with van der Waals surface area (Å²) in [5, 5.41) is 10.8. The first-order valence-corrected chi connectivity index (χ1v) is 16.0. The van der Waals surface area contributed by atoms with Crippen molar-refractivity contribution in [2.75, 3.05) is 57.9 Å². The average molecular weight is 584 g/mol. The lowest BCUT2D eigenvalue weighted by atomic mass is 9.73. The zero-order chi connectivity index (χ0) is 29.9. The molecule has 1 N–H and O–H groups in total. The molecule has 1 spiro atoms. The van der Waals surface area contributed by atoms with E-state index in [9.17, 15) is 14.3 Å². The van der Waals surface area contributed by atoms with Crippen LogP contribution in [0.4, 0.5) is 10.1 Å². The van der Waals surface area contributed by atoms with Crippen LogP contribution in [0.2, 0.25) is 0 Å². The maximum atomic E-state index is 14.7. The zero-order valence-corrected chi connectivity index (χ0v) is 25.9. The second-order valence-electron chi connectivity index (χ2n) is 13.3. The molecule has 5 atom stereocenters. The van der Waals surface area contributed by atoms with Crippen LogP contribution in [0, 0.1) is 17.7 Å². The molecule has 3 saturated heterocycles. The molecular formula is C34H50FN3O4. The molecule has 0 bridgehead atoms.